The zero-order chi connectivity index (χ0) is 14.8. The van der Waals surface area contributed by atoms with Gasteiger partial charge in [0.15, 0.2) is 0 Å². The minimum absolute atomic E-state index is 0.0362. The van der Waals surface area contributed by atoms with Gasteiger partial charge in [0.1, 0.15) is 11.0 Å². The summed E-state index contributed by atoms with van der Waals surface area (Å²) in [5, 5.41) is 8.96. The highest BCUT2D eigenvalue weighted by Crippen LogP contribution is 2.38. The molecule has 0 atom stereocenters. The van der Waals surface area contributed by atoms with Gasteiger partial charge in [-0.05, 0) is 33.6 Å². The second-order valence-electron chi connectivity index (χ2n) is 5.73. The Morgan fingerprint density at radius 2 is 1.74 bits per heavy atom. The van der Waals surface area contributed by atoms with Crippen LogP contribution in [0.2, 0.25) is 0 Å². The van der Waals surface area contributed by atoms with E-state index in [0.717, 1.165) is 0 Å². The molecule has 110 valence electrons. The van der Waals surface area contributed by atoms with Crippen molar-refractivity contribution in [2.45, 2.75) is 45.6 Å². The van der Waals surface area contributed by atoms with Crippen molar-refractivity contribution < 1.29 is 28.2 Å². The van der Waals surface area contributed by atoms with Crippen LogP contribution in [-0.4, -0.2) is 47.2 Å². The lowest BCUT2D eigenvalue weighted by Crippen LogP contribution is -2.50. The number of nitrogens with zero attached hydrogens (tertiary/aromatic N) is 1. The summed E-state index contributed by atoms with van der Waals surface area (Å²) in [4.78, 5) is 24.0. The molecule has 1 rings (SSSR count). The molecule has 0 aliphatic carbocycles. The maximum Gasteiger partial charge on any atom is 0.410 e. The number of rotatable bonds is 2. The Hall–Kier alpha value is -1.40. The second kappa shape index (κ2) is 5.30. The first kappa shape index (κ1) is 15.7. The number of hydrogen-bond acceptors (Lipinski definition) is 3. The van der Waals surface area contributed by atoms with Gasteiger partial charge in [-0.1, -0.05) is 0 Å². The summed E-state index contributed by atoms with van der Waals surface area (Å²) in [6.07, 6.45) is -4.06. The van der Waals surface area contributed by atoms with Gasteiger partial charge in [-0.3, -0.25) is 4.79 Å². The molecule has 0 aromatic rings. The molecule has 1 aliphatic heterocycles. The molecule has 5 nitrogen and oxygen atoms in total. The molecule has 0 unspecified atom stereocenters. The third kappa shape index (κ3) is 3.54. The molecule has 1 amide bonds. The summed E-state index contributed by atoms with van der Waals surface area (Å²) in [5.74, 6) is -1.51. The van der Waals surface area contributed by atoms with Gasteiger partial charge in [0.2, 0.25) is 0 Å². The smallest absolute Gasteiger partial charge is 0.410 e. The van der Waals surface area contributed by atoms with Crippen molar-refractivity contribution in [1.29, 1.82) is 0 Å². The minimum Gasteiger partial charge on any atom is -0.481 e. The summed E-state index contributed by atoms with van der Waals surface area (Å²) >= 11 is 0. The fourth-order valence-corrected chi connectivity index (χ4v) is 1.94. The zero-order valence-corrected chi connectivity index (χ0v) is 11.3. The van der Waals surface area contributed by atoms with Crippen molar-refractivity contribution in [2.75, 3.05) is 13.1 Å². The van der Waals surface area contributed by atoms with Crippen molar-refractivity contribution >= 4 is 12.1 Å². The highest BCUT2D eigenvalue weighted by molar-refractivity contribution is 5.76. The Bertz CT molecular complexity index is 357. The topological polar surface area (TPSA) is 66.8 Å². The summed E-state index contributed by atoms with van der Waals surface area (Å²) in [6, 6.07) is 0. The van der Waals surface area contributed by atoms with Crippen molar-refractivity contribution in [3.05, 3.63) is 0 Å². The van der Waals surface area contributed by atoms with Gasteiger partial charge < -0.3 is 14.7 Å². The molecule has 1 N–H and O–H groups in total. The summed E-state index contributed by atoms with van der Waals surface area (Å²) in [7, 11) is 0. The Labute approximate surface area is 110 Å². The zero-order valence-electron chi connectivity index (χ0n) is 11.3. The Kier molecular flexibility index (Phi) is 4.37. The number of carboxylic acid groups (broad SMARTS) is 1. The molecule has 0 saturated carbocycles. The van der Waals surface area contributed by atoms with E-state index < -0.39 is 29.5 Å². The first-order valence-corrected chi connectivity index (χ1v) is 6.08. The van der Waals surface area contributed by atoms with Crippen LogP contribution >= 0.6 is 0 Å². The molecule has 7 heteroatoms. The van der Waals surface area contributed by atoms with Gasteiger partial charge in [0.05, 0.1) is 0 Å². The number of likely N-dealkylation sites (tertiary alicyclic amines) is 1. The molecule has 0 bridgehead atoms. The maximum atomic E-state index is 12.9. The maximum absolute atomic E-state index is 12.9. The van der Waals surface area contributed by atoms with Crippen molar-refractivity contribution in [3.8, 4) is 0 Å². The number of amides is 1. The van der Waals surface area contributed by atoms with E-state index in [1.807, 2.05) is 0 Å². The van der Waals surface area contributed by atoms with Gasteiger partial charge in [-0.25, -0.2) is 13.6 Å². The minimum atomic E-state index is -2.94. The molecular weight excluding hydrogens is 260 g/mol. The van der Waals surface area contributed by atoms with Crippen LogP contribution < -0.4 is 0 Å². The molecule has 1 aliphatic rings. The third-order valence-corrected chi connectivity index (χ3v) is 3.15. The van der Waals surface area contributed by atoms with Crippen LogP contribution in [-0.2, 0) is 9.53 Å². The van der Waals surface area contributed by atoms with Crippen LogP contribution in [0.4, 0.5) is 13.6 Å². The van der Waals surface area contributed by atoms with Crippen LogP contribution in [0.1, 0.15) is 33.6 Å². The van der Waals surface area contributed by atoms with Gasteiger partial charge in [0.25, 0.3) is 6.43 Å². The quantitative estimate of drug-likeness (QED) is 0.842. The number of carbonyl (C=O) groups is 2. The van der Waals surface area contributed by atoms with Crippen LogP contribution in [0.15, 0.2) is 0 Å². The molecule has 19 heavy (non-hydrogen) atoms. The monoisotopic (exact) mass is 279 g/mol. The standard InChI is InChI=1S/C12H19F2NO4/c1-11(2,3)19-10(18)15-6-4-12(5-7-15,8(13)14)9(16)17/h8H,4-7H2,1-3H3,(H,16,17). The molecule has 0 spiro atoms. The molecule has 1 saturated heterocycles. The Balaban J connectivity index is 2.66. The first-order chi connectivity index (χ1) is 8.58. The normalized spacial score (nSPS) is 19.4. The lowest BCUT2D eigenvalue weighted by Gasteiger charge is -2.38. The van der Waals surface area contributed by atoms with E-state index in [0.29, 0.717) is 0 Å². The highest BCUT2D eigenvalue weighted by Gasteiger charge is 2.50. The van der Waals surface area contributed by atoms with E-state index in [9.17, 15) is 18.4 Å². The van der Waals surface area contributed by atoms with E-state index in [-0.39, 0.29) is 25.9 Å². The van der Waals surface area contributed by atoms with E-state index in [2.05, 4.69) is 0 Å². The largest absolute Gasteiger partial charge is 0.481 e. The van der Waals surface area contributed by atoms with Gasteiger partial charge >= 0.3 is 12.1 Å². The molecule has 0 radical (unpaired) electrons. The number of ether oxygens (including phenoxy) is 1. The predicted octanol–water partition coefficient (Wildman–Crippen LogP) is 2.35. The number of piperidine rings is 1. The Morgan fingerprint density at radius 1 is 1.26 bits per heavy atom. The number of carbonyl (C=O) groups excluding carboxylic acids is 1. The van der Waals surface area contributed by atoms with Gasteiger partial charge in [-0.15, -0.1) is 0 Å². The molecule has 0 aromatic heterocycles. The number of aliphatic carboxylic acids is 1. The molecular formula is C12H19F2NO4. The third-order valence-electron chi connectivity index (χ3n) is 3.15. The summed E-state index contributed by atoms with van der Waals surface area (Å²) in [6.45, 7) is 5.04. The fraction of sp³-hybridized carbons (Fsp3) is 0.833. The van der Waals surface area contributed by atoms with Crippen LogP contribution in [0.5, 0.6) is 0 Å². The van der Waals surface area contributed by atoms with E-state index in [4.69, 9.17) is 9.84 Å². The van der Waals surface area contributed by atoms with Gasteiger partial charge in [0, 0.05) is 13.1 Å². The number of alkyl halides is 2. The SMILES string of the molecule is CC(C)(C)OC(=O)N1CCC(C(=O)O)(C(F)F)CC1. The van der Waals surface area contributed by atoms with Crippen LogP contribution in [0.3, 0.4) is 0 Å². The van der Waals surface area contributed by atoms with Crippen molar-refractivity contribution in [2.24, 2.45) is 5.41 Å². The summed E-state index contributed by atoms with van der Waals surface area (Å²) in [5.41, 5.74) is -2.71. The molecule has 1 heterocycles. The van der Waals surface area contributed by atoms with E-state index in [1.54, 1.807) is 20.8 Å². The van der Waals surface area contributed by atoms with Gasteiger partial charge in [-0.2, -0.15) is 0 Å². The van der Waals surface area contributed by atoms with Crippen molar-refractivity contribution in [1.82, 2.24) is 4.90 Å². The second-order valence-corrected chi connectivity index (χ2v) is 5.73. The predicted molar refractivity (Wildman–Crippen MR) is 63.1 cm³/mol. The first-order valence-electron chi connectivity index (χ1n) is 6.08. The van der Waals surface area contributed by atoms with Crippen LogP contribution in [0, 0.1) is 5.41 Å². The van der Waals surface area contributed by atoms with E-state index >= 15 is 0 Å². The lowest BCUT2D eigenvalue weighted by molar-refractivity contribution is -0.164. The number of halogens is 2. The van der Waals surface area contributed by atoms with E-state index in [1.165, 1.54) is 4.90 Å². The van der Waals surface area contributed by atoms with Crippen molar-refractivity contribution in [3.63, 3.8) is 0 Å². The average Bonchev–Trinajstić information content (AvgIpc) is 2.26. The molecule has 1 fully saturated rings. The fourth-order valence-electron chi connectivity index (χ4n) is 1.94. The van der Waals surface area contributed by atoms with Crippen LogP contribution in [0.25, 0.3) is 0 Å². The highest BCUT2D eigenvalue weighted by atomic mass is 19.3. The number of hydrogen-bond donors (Lipinski definition) is 1. The Morgan fingerprint density at radius 3 is 2.05 bits per heavy atom. The lowest BCUT2D eigenvalue weighted by atomic mass is 9.79. The number of carboxylic acids is 1. The average molecular weight is 279 g/mol. The summed E-state index contributed by atoms with van der Waals surface area (Å²) < 4.78 is 30.9. The molecule has 0 aromatic carbocycles.